The number of benzene rings is 2. The number of pyridine rings is 2. The van der Waals surface area contributed by atoms with E-state index in [1.165, 1.54) is 23.0 Å². The Morgan fingerprint density at radius 3 is 1.76 bits per heavy atom. The third-order valence-corrected chi connectivity index (χ3v) is 10.0. The lowest BCUT2D eigenvalue weighted by Gasteiger charge is -2.16. The molecule has 0 aliphatic rings. The van der Waals surface area contributed by atoms with Crippen molar-refractivity contribution in [1.29, 1.82) is 0 Å². The lowest BCUT2D eigenvalue weighted by molar-refractivity contribution is -0.191. The SMILES string of the molecule is CCC(C)n1c(C)c(C(=O)NCc2c(C)cc(C)[nH]c2=O)c2ccccc21.CCC(C)n1c(C)cc2ccccc21.Cc1cc(C)c(CN)c(=O)[nH]1.O=C=O. The lowest BCUT2D eigenvalue weighted by atomic mass is 10.1. The van der Waals surface area contributed by atoms with Crippen LogP contribution in [0.5, 0.6) is 0 Å². The van der Waals surface area contributed by atoms with Crippen molar-refractivity contribution in [2.75, 3.05) is 0 Å². The molecule has 5 N–H and O–H groups in total. The molecule has 55 heavy (non-hydrogen) atoms. The Kier molecular flexibility index (Phi) is 15.9. The minimum atomic E-state index is -0.148. The highest BCUT2D eigenvalue weighted by Gasteiger charge is 2.22. The van der Waals surface area contributed by atoms with Crippen LogP contribution in [0.15, 0.2) is 76.3 Å². The maximum Gasteiger partial charge on any atom is 0.373 e. The van der Waals surface area contributed by atoms with Gasteiger partial charge in [0.25, 0.3) is 17.0 Å². The molecule has 6 aromatic rings. The summed E-state index contributed by atoms with van der Waals surface area (Å²) >= 11 is 0. The molecule has 6 rings (SSSR count). The number of amides is 1. The third kappa shape index (κ3) is 10.5. The number of para-hydroxylation sites is 2. The topological polar surface area (TPSA) is 165 Å². The highest BCUT2D eigenvalue weighted by molar-refractivity contribution is 6.08. The molecule has 0 saturated heterocycles. The van der Waals surface area contributed by atoms with Crippen LogP contribution in [0.4, 0.5) is 0 Å². The Morgan fingerprint density at radius 2 is 1.24 bits per heavy atom. The molecule has 0 bridgehead atoms. The zero-order valence-electron chi connectivity index (χ0n) is 33.8. The molecule has 2 aromatic carbocycles. The van der Waals surface area contributed by atoms with Gasteiger partial charge in [0.05, 0.1) is 5.56 Å². The number of nitrogens with two attached hydrogens (primary N) is 1. The van der Waals surface area contributed by atoms with Crippen molar-refractivity contribution in [1.82, 2.24) is 24.4 Å². The van der Waals surface area contributed by atoms with Crippen LogP contribution >= 0.6 is 0 Å². The van der Waals surface area contributed by atoms with Crippen LogP contribution < -0.4 is 22.2 Å². The summed E-state index contributed by atoms with van der Waals surface area (Å²) in [5, 5.41) is 5.25. The van der Waals surface area contributed by atoms with E-state index in [1.807, 2.05) is 65.0 Å². The molecule has 0 fully saturated rings. The number of fused-ring (bicyclic) bond motifs is 2. The number of nitrogens with one attached hydrogen (secondary N) is 3. The summed E-state index contributed by atoms with van der Waals surface area (Å²) in [6.45, 7) is 21.0. The maximum absolute atomic E-state index is 13.0. The number of nitrogens with zero attached hydrogens (tertiary/aromatic N) is 2. The largest absolute Gasteiger partial charge is 0.373 e. The molecule has 2 atom stereocenters. The van der Waals surface area contributed by atoms with Crippen LogP contribution in [0, 0.1) is 41.5 Å². The molecular weight excluding hydrogens is 693 g/mol. The summed E-state index contributed by atoms with van der Waals surface area (Å²) in [6.07, 6.45) is 2.41. The molecular formula is C44H56N6O5. The van der Waals surface area contributed by atoms with Gasteiger partial charge in [-0.2, -0.15) is 9.59 Å². The van der Waals surface area contributed by atoms with Crippen molar-refractivity contribution in [3.8, 4) is 0 Å². The van der Waals surface area contributed by atoms with Gasteiger partial charge < -0.3 is 30.2 Å². The van der Waals surface area contributed by atoms with Gasteiger partial charge >= 0.3 is 6.15 Å². The van der Waals surface area contributed by atoms with Gasteiger partial charge in [0, 0.05) is 75.5 Å². The van der Waals surface area contributed by atoms with E-state index in [0.29, 0.717) is 35.3 Å². The number of carbonyl (C=O) groups is 1. The fraction of sp³-hybridized carbons (Fsp3) is 0.364. The Morgan fingerprint density at radius 1 is 0.745 bits per heavy atom. The average molecular weight is 749 g/mol. The van der Waals surface area contributed by atoms with Gasteiger partial charge in [-0.05, 0) is 115 Å². The Bertz CT molecular complexity index is 2390. The van der Waals surface area contributed by atoms with Gasteiger partial charge in [-0.25, -0.2) is 0 Å². The van der Waals surface area contributed by atoms with Crippen molar-refractivity contribution >= 4 is 33.9 Å². The smallest absolute Gasteiger partial charge is 0.348 e. The van der Waals surface area contributed by atoms with E-state index in [9.17, 15) is 14.4 Å². The minimum Gasteiger partial charge on any atom is -0.348 e. The number of carbonyl (C=O) groups excluding carboxylic acids is 3. The fourth-order valence-electron chi connectivity index (χ4n) is 7.00. The summed E-state index contributed by atoms with van der Waals surface area (Å²) < 4.78 is 4.66. The fourth-order valence-corrected chi connectivity index (χ4v) is 7.00. The van der Waals surface area contributed by atoms with E-state index in [2.05, 4.69) is 95.4 Å². The van der Waals surface area contributed by atoms with Gasteiger partial charge in [-0.1, -0.05) is 50.2 Å². The van der Waals surface area contributed by atoms with Gasteiger partial charge in [-0.15, -0.1) is 0 Å². The van der Waals surface area contributed by atoms with E-state index in [4.69, 9.17) is 15.3 Å². The second-order valence-electron chi connectivity index (χ2n) is 13.9. The standard InChI is InChI=1S/C22H27N3O2.C13H17N.C8H12N2O.CO2/c1-6-15(4)25-16(5)20(17-9-7-8-10-19(17)25)22(27)23-12-18-13(2)11-14(3)24-21(18)26;1-4-10(2)14-11(3)9-12-7-5-6-8-13(12)14;1-5-3-6(2)10-8(11)7(5)4-9;2-1-3/h7-11,15H,6,12H2,1-5H3,(H,23,27)(H,24,26);5-10H,4H2,1-3H3;3H,4,9H2,1-2H3,(H,10,11);. The van der Waals surface area contributed by atoms with E-state index < -0.39 is 0 Å². The molecule has 0 radical (unpaired) electrons. The summed E-state index contributed by atoms with van der Waals surface area (Å²) in [7, 11) is 0. The van der Waals surface area contributed by atoms with Crippen LogP contribution in [0.1, 0.15) is 108 Å². The molecule has 2 unspecified atom stereocenters. The third-order valence-electron chi connectivity index (χ3n) is 10.0. The number of hydrogen-bond acceptors (Lipinski definition) is 6. The summed E-state index contributed by atoms with van der Waals surface area (Å²) in [5.74, 6) is -0.148. The van der Waals surface area contributed by atoms with Crippen molar-refractivity contribution in [3.05, 3.63) is 138 Å². The van der Waals surface area contributed by atoms with Gasteiger partial charge in [-0.3, -0.25) is 14.4 Å². The number of aromatic amines is 2. The van der Waals surface area contributed by atoms with Crippen molar-refractivity contribution in [2.24, 2.45) is 5.73 Å². The predicted octanol–water partition coefficient (Wildman–Crippen LogP) is 7.94. The average Bonchev–Trinajstić information content (AvgIpc) is 3.63. The molecule has 11 nitrogen and oxygen atoms in total. The molecule has 0 saturated carbocycles. The maximum atomic E-state index is 13.0. The Hall–Kier alpha value is -5.77. The monoisotopic (exact) mass is 748 g/mol. The van der Waals surface area contributed by atoms with Crippen molar-refractivity contribution < 1.29 is 14.4 Å². The first kappa shape index (κ1) is 43.6. The van der Waals surface area contributed by atoms with Gasteiger partial charge in [0.15, 0.2) is 0 Å². The second kappa shape index (κ2) is 20.1. The predicted molar refractivity (Wildman–Crippen MR) is 220 cm³/mol. The quantitative estimate of drug-likeness (QED) is 0.123. The molecule has 292 valence electrons. The zero-order valence-corrected chi connectivity index (χ0v) is 33.8. The Balaban J connectivity index is 0.000000241. The van der Waals surface area contributed by atoms with E-state index >= 15 is 0 Å². The first-order valence-corrected chi connectivity index (χ1v) is 18.7. The summed E-state index contributed by atoms with van der Waals surface area (Å²) in [5.41, 5.74) is 15.4. The highest BCUT2D eigenvalue weighted by atomic mass is 16.2. The van der Waals surface area contributed by atoms with Crippen LogP contribution in [0.25, 0.3) is 21.8 Å². The van der Waals surface area contributed by atoms with Crippen LogP contribution in [0.2, 0.25) is 0 Å². The van der Waals surface area contributed by atoms with E-state index in [-0.39, 0.29) is 29.7 Å². The number of hydrogen-bond donors (Lipinski definition) is 4. The zero-order chi connectivity index (χ0) is 41.0. The van der Waals surface area contributed by atoms with Crippen molar-refractivity contribution in [3.63, 3.8) is 0 Å². The molecule has 0 aliphatic carbocycles. The molecule has 1 amide bonds. The van der Waals surface area contributed by atoms with Crippen LogP contribution in [-0.2, 0) is 22.7 Å². The molecule has 0 aliphatic heterocycles. The Labute approximate surface area is 323 Å². The van der Waals surface area contributed by atoms with Crippen LogP contribution in [0.3, 0.4) is 0 Å². The number of rotatable bonds is 8. The highest BCUT2D eigenvalue weighted by Crippen LogP contribution is 2.30. The number of H-pyrrole nitrogens is 2. The molecule has 11 heteroatoms. The molecule has 4 heterocycles. The first-order valence-electron chi connectivity index (χ1n) is 18.7. The molecule has 4 aromatic heterocycles. The van der Waals surface area contributed by atoms with Crippen molar-refractivity contribution in [2.45, 2.75) is 107 Å². The number of aromatic nitrogens is 4. The van der Waals surface area contributed by atoms with E-state index in [0.717, 1.165) is 45.5 Å². The van der Waals surface area contributed by atoms with E-state index in [1.54, 1.807) is 0 Å². The molecule has 0 spiro atoms. The number of aryl methyl sites for hydroxylation is 5. The second-order valence-corrected chi connectivity index (χ2v) is 13.9. The summed E-state index contributed by atoms with van der Waals surface area (Å²) in [6, 6.07) is 23.6. The van der Waals surface area contributed by atoms with Gasteiger partial charge in [0.2, 0.25) is 0 Å². The van der Waals surface area contributed by atoms with Gasteiger partial charge in [0.1, 0.15) is 0 Å². The van der Waals surface area contributed by atoms with Crippen LogP contribution in [-0.4, -0.2) is 31.2 Å². The normalized spacial score (nSPS) is 11.6. The summed E-state index contributed by atoms with van der Waals surface area (Å²) in [4.78, 5) is 58.1. The minimum absolute atomic E-state index is 0.0648. The lowest BCUT2D eigenvalue weighted by Crippen LogP contribution is -2.28. The first-order chi connectivity index (χ1) is 26.1.